The second kappa shape index (κ2) is 6.70. The van der Waals surface area contributed by atoms with Gasteiger partial charge in [0.05, 0.1) is 4.47 Å². The Morgan fingerprint density at radius 3 is 2.79 bits per heavy atom. The minimum absolute atomic E-state index is 0.0316. The fraction of sp³-hybridized carbons (Fsp3) is 0.615. The van der Waals surface area contributed by atoms with Crippen LogP contribution in [-0.4, -0.2) is 15.2 Å². The zero-order valence-electron chi connectivity index (χ0n) is 10.8. The average molecular weight is 345 g/mol. The number of nitro groups is 1. The fourth-order valence-electron chi connectivity index (χ4n) is 2.54. The summed E-state index contributed by atoms with van der Waals surface area (Å²) in [5.41, 5.74) is 0. The Morgan fingerprint density at radius 2 is 2.16 bits per heavy atom. The lowest BCUT2D eigenvalue weighted by atomic mass is 9.87. The summed E-state index contributed by atoms with van der Waals surface area (Å²) in [6.07, 6.45) is 7.86. The first-order valence-electron chi connectivity index (χ1n) is 6.54. The molecule has 1 saturated carbocycles. The summed E-state index contributed by atoms with van der Waals surface area (Å²) in [6.45, 7) is 2.17. The molecule has 0 aromatic carbocycles. The van der Waals surface area contributed by atoms with Gasteiger partial charge in [-0.1, -0.05) is 26.2 Å². The van der Waals surface area contributed by atoms with E-state index in [0.29, 0.717) is 16.1 Å². The molecule has 1 heterocycles. The molecule has 1 atom stereocenters. The Bertz CT molecular complexity index is 464. The number of aromatic nitrogens is 1. The fourth-order valence-corrected chi connectivity index (χ4v) is 4.31. The first-order valence-corrected chi connectivity index (χ1v) is 8.22. The largest absolute Gasteiger partial charge is 0.377 e. The zero-order valence-corrected chi connectivity index (χ0v) is 13.2. The van der Waals surface area contributed by atoms with Gasteiger partial charge in [0, 0.05) is 5.25 Å². The molecule has 1 aromatic heterocycles. The maximum atomic E-state index is 11.0. The van der Waals surface area contributed by atoms with Crippen molar-refractivity contribution in [2.24, 2.45) is 5.92 Å². The molecule has 0 N–H and O–H groups in total. The number of pyridine rings is 1. The van der Waals surface area contributed by atoms with Crippen LogP contribution < -0.4 is 0 Å². The molecule has 1 aromatic rings. The van der Waals surface area contributed by atoms with Crippen LogP contribution in [0.25, 0.3) is 0 Å². The van der Waals surface area contributed by atoms with Crippen molar-refractivity contribution >= 4 is 33.5 Å². The summed E-state index contributed by atoms with van der Waals surface area (Å²) in [7, 11) is 0. The van der Waals surface area contributed by atoms with Crippen molar-refractivity contribution in [1.29, 1.82) is 0 Å². The van der Waals surface area contributed by atoms with Gasteiger partial charge in [-0.2, -0.15) is 0 Å². The summed E-state index contributed by atoms with van der Waals surface area (Å²) in [6, 6.07) is 1.80. The van der Waals surface area contributed by atoms with Gasteiger partial charge in [0.15, 0.2) is 6.20 Å². The molecule has 0 aliphatic heterocycles. The van der Waals surface area contributed by atoms with Crippen LogP contribution in [0, 0.1) is 16.0 Å². The van der Waals surface area contributed by atoms with Crippen LogP contribution in [0.15, 0.2) is 21.6 Å². The van der Waals surface area contributed by atoms with Gasteiger partial charge in [0.1, 0.15) is 4.90 Å². The predicted molar refractivity (Wildman–Crippen MR) is 80.5 cm³/mol. The number of hydrogen-bond donors (Lipinski definition) is 0. The van der Waals surface area contributed by atoms with E-state index in [1.54, 1.807) is 17.8 Å². The molecular formula is C13H17BrN2O2S. The Balaban J connectivity index is 2.12. The first-order chi connectivity index (χ1) is 9.08. The topological polar surface area (TPSA) is 56.0 Å². The molecule has 2 rings (SSSR count). The monoisotopic (exact) mass is 344 g/mol. The molecule has 4 nitrogen and oxygen atoms in total. The standard InChI is InChI=1S/C13H17BrN2O2S/c1-9(10-5-3-2-4-6-10)19-12-7-11(14)8-15-13(12)16(17)18/h7-10H,2-6H2,1H3. The minimum Gasteiger partial charge on any atom is -0.358 e. The van der Waals surface area contributed by atoms with Crippen molar-refractivity contribution in [3.05, 3.63) is 26.9 Å². The van der Waals surface area contributed by atoms with Crippen LogP contribution in [0.4, 0.5) is 5.82 Å². The second-order valence-corrected chi connectivity index (χ2v) is 7.29. The van der Waals surface area contributed by atoms with E-state index in [9.17, 15) is 10.1 Å². The lowest BCUT2D eigenvalue weighted by Crippen LogP contribution is -2.17. The van der Waals surface area contributed by atoms with E-state index in [4.69, 9.17) is 0 Å². The van der Waals surface area contributed by atoms with Crippen molar-refractivity contribution in [2.45, 2.75) is 49.2 Å². The third kappa shape index (κ3) is 3.92. The molecule has 0 amide bonds. The van der Waals surface area contributed by atoms with Gasteiger partial charge in [-0.05, 0) is 50.7 Å². The number of hydrogen-bond acceptors (Lipinski definition) is 4. The van der Waals surface area contributed by atoms with Crippen LogP contribution in [0.2, 0.25) is 0 Å². The number of thioether (sulfide) groups is 1. The van der Waals surface area contributed by atoms with E-state index in [-0.39, 0.29) is 5.82 Å². The number of rotatable bonds is 4. The Kier molecular flexibility index (Phi) is 5.21. The van der Waals surface area contributed by atoms with Crippen molar-refractivity contribution in [3.63, 3.8) is 0 Å². The van der Waals surface area contributed by atoms with E-state index < -0.39 is 4.92 Å². The average Bonchev–Trinajstić information content (AvgIpc) is 2.39. The summed E-state index contributed by atoms with van der Waals surface area (Å²) in [4.78, 5) is 15.2. The zero-order chi connectivity index (χ0) is 13.8. The van der Waals surface area contributed by atoms with Crippen molar-refractivity contribution in [3.8, 4) is 0 Å². The highest BCUT2D eigenvalue weighted by molar-refractivity contribution is 9.10. The summed E-state index contributed by atoms with van der Waals surface area (Å²) >= 11 is 4.92. The summed E-state index contributed by atoms with van der Waals surface area (Å²) in [5, 5.41) is 11.4. The quantitative estimate of drug-likeness (QED) is 0.446. The van der Waals surface area contributed by atoms with Gasteiger partial charge < -0.3 is 10.1 Å². The highest BCUT2D eigenvalue weighted by Crippen LogP contribution is 2.39. The molecule has 0 radical (unpaired) electrons. The van der Waals surface area contributed by atoms with Crippen LogP contribution in [0.5, 0.6) is 0 Å². The van der Waals surface area contributed by atoms with Crippen LogP contribution >= 0.6 is 27.7 Å². The maximum Gasteiger partial charge on any atom is 0.377 e. The number of halogens is 1. The van der Waals surface area contributed by atoms with Crippen molar-refractivity contribution in [2.75, 3.05) is 0 Å². The van der Waals surface area contributed by atoms with E-state index >= 15 is 0 Å². The minimum atomic E-state index is -0.400. The molecule has 0 bridgehead atoms. The third-order valence-corrected chi connectivity index (χ3v) is 5.34. The first kappa shape index (κ1) is 14.8. The predicted octanol–water partition coefficient (Wildman–Crippen LogP) is 4.81. The summed E-state index contributed by atoms with van der Waals surface area (Å²) in [5.74, 6) is 0.633. The lowest BCUT2D eigenvalue weighted by molar-refractivity contribution is -0.392. The Morgan fingerprint density at radius 1 is 1.47 bits per heavy atom. The van der Waals surface area contributed by atoms with Gasteiger partial charge in [0.25, 0.3) is 0 Å². The Labute approximate surface area is 125 Å². The van der Waals surface area contributed by atoms with E-state index in [2.05, 4.69) is 27.8 Å². The molecular weight excluding hydrogens is 328 g/mol. The third-order valence-electron chi connectivity index (χ3n) is 3.60. The molecule has 0 spiro atoms. The molecule has 1 fully saturated rings. The molecule has 6 heteroatoms. The van der Waals surface area contributed by atoms with Gasteiger partial charge in [-0.3, -0.25) is 0 Å². The van der Waals surface area contributed by atoms with Gasteiger partial charge in [0.2, 0.25) is 0 Å². The van der Waals surface area contributed by atoms with E-state index in [0.717, 1.165) is 4.47 Å². The maximum absolute atomic E-state index is 11.0. The molecule has 0 saturated heterocycles. The van der Waals surface area contributed by atoms with Gasteiger partial charge >= 0.3 is 5.82 Å². The molecule has 1 unspecified atom stereocenters. The smallest absolute Gasteiger partial charge is 0.358 e. The summed E-state index contributed by atoms with van der Waals surface area (Å²) < 4.78 is 0.788. The lowest BCUT2D eigenvalue weighted by Gasteiger charge is -2.26. The van der Waals surface area contributed by atoms with Crippen molar-refractivity contribution < 1.29 is 4.92 Å². The highest BCUT2D eigenvalue weighted by Gasteiger charge is 2.25. The van der Waals surface area contributed by atoms with E-state index in [1.165, 1.54) is 38.3 Å². The van der Waals surface area contributed by atoms with E-state index in [1.807, 2.05) is 0 Å². The van der Waals surface area contributed by atoms with Gasteiger partial charge in [-0.25, -0.2) is 0 Å². The molecule has 19 heavy (non-hydrogen) atoms. The molecule has 1 aliphatic rings. The van der Waals surface area contributed by atoms with Gasteiger partial charge in [-0.15, -0.1) is 11.8 Å². The normalized spacial score (nSPS) is 18.2. The van der Waals surface area contributed by atoms with Crippen molar-refractivity contribution in [1.82, 2.24) is 4.98 Å². The SMILES string of the molecule is CC(Sc1cc(Br)cnc1[N+](=O)[O-])C1CCCCC1. The van der Waals surface area contributed by atoms with Crippen LogP contribution in [0.3, 0.4) is 0 Å². The van der Waals surface area contributed by atoms with Crippen LogP contribution in [0.1, 0.15) is 39.0 Å². The molecule has 1 aliphatic carbocycles. The molecule has 104 valence electrons. The number of nitrogens with zero attached hydrogens (tertiary/aromatic N) is 2. The highest BCUT2D eigenvalue weighted by atomic mass is 79.9. The van der Waals surface area contributed by atoms with Crippen LogP contribution in [-0.2, 0) is 0 Å². The Hall–Kier alpha value is -0.620. The second-order valence-electron chi connectivity index (χ2n) is 4.95.